The first-order valence-electron chi connectivity index (χ1n) is 7.47. The van der Waals surface area contributed by atoms with Crippen LogP contribution in [-0.2, 0) is 13.5 Å². The van der Waals surface area contributed by atoms with Gasteiger partial charge in [0.2, 0.25) is 0 Å². The highest BCUT2D eigenvalue weighted by Crippen LogP contribution is 2.33. The summed E-state index contributed by atoms with van der Waals surface area (Å²) in [7, 11) is 1.92. The van der Waals surface area contributed by atoms with E-state index in [9.17, 15) is 0 Å². The summed E-state index contributed by atoms with van der Waals surface area (Å²) in [5, 5.41) is 4.65. The summed E-state index contributed by atoms with van der Waals surface area (Å²) in [6, 6.07) is 4.02. The van der Waals surface area contributed by atoms with Crippen molar-refractivity contribution in [2.24, 2.45) is 13.0 Å². The lowest BCUT2D eigenvalue weighted by Gasteiger charge is -2.21. The Kier molecular flexibility index (Phi) is 3.72. The van der Waals surface area contributed by atoms with Crippen LogP contribution in [0.2, 0.25) is 0 Å². The van der Waals surface area contributed by atoms with Gasteiger partial charge >= 0.3 is 0 Å². The Morgan fingerprint density at radius 1 is 1.20 bits per heavy atom. The maximum atomic E-state index is 6.22. The van der Waals surface area contributed by atoms with Crippen molar-refractivity contribution in [2.45, 2.75) is 38.5 Å². The zero-order valence-corrected chi connectivity index (χ0v) is 12.0. The topological polar surface area (TPSA) is 56.7 Å². The Bertz CT molecular complexity index is 568. The molecule has 0 saturated heterocycles. The summed E-state index contributed by atoms with van der Waals surface area (Å²) >= 11 is 0. The van der Waals surface area contributed by atoms with Crippen LogP contribution in [0.3, 0.4) is 0 Å². The number of hydrogen-bond acceptors (Lipinski definition) is 3. The third-order valence-corrected chi connectivity index (χ3v) is 4.34. The number of pyridine rings is 1. The van der Waals surface area contributed by atoms with Gasteiger partial charge in [0.1, 0.15) is 5.82 Å². The largest absolute Gasteiger partial charge is 0.383 e. The van der Waals surface area contributed by atoms with Crippen molar-refractivity contribution in [1.82, 2.24) is 14.8 Å². The maximum Gasteiger partial charge on any atom is 0.129 e. The van der Waals surface area contributed by atoms with Crippen LogP contribution in [0.1, 0.15) is 37.8 Å². The Morgan fingerprint density at radius 3 is 2.60 bits per heavy atom. The van der Waals surface area contributed by atoms with E-state index in [0.29, 0.717) is 0 Å². The molecule has 4 heteroatoms. The van der Waals surface area contributed by atoms with Crippen LogP contribution in [0.5, 0.6) is 0 Å². The number of aromatic nitrogens is 3. The molecule has 3 rings (SSSR count). The summed E-state index contributed by atoms with van der Waals surface area (Å²) in [6.45, 7) is 0. The maximum absolute atomic E-state index is 6.22. The van der Waals surface area contributed by atoms with Gasteiger partial charge in [-0.05, 0) is 30.0 Å². The first-order valence-corrected chi connectivity index (χ1v) is 7.47. The second-order valence-electron chi connectivity index (χ2n) is 5.77. The lowest BCUT2D eigenvalue weighted by atomic mass is 9.85. The van der Waals surface area contributed by atoms with E-state index in [0.717, 1.165) is 35.0 Å². The average Bonchev–Trinajstić information content (AvgIpc) is 2.76. The lowest BCUT2D eigenvalue weighted by molar-refractivity contribution is 0.354. The molecule has 1 saturated carbocycles. The minimum atomic E-state index is 0.752. The van der Waals surface area contributed by atoms with Gasteiger partial charge in [0.05, 0.1) is 5.69 Å². The second kappa shape index (κ2) is 5.65. The van der Waals surface area contributed by atoms with Gasteiger partial charge in [0.25, 0.3) is 0 Å². The monoisotopic (exact) mass is 270 g/mol. The molecule has 20 heavy (non-hydrogen) atoms. The molecule has 0 amide bonds. The summed E-state index contributed by atoms with van der Waals surface area (Å²) in [4.78, 5) is 4.08. The van der Waals surface area contributed by atoms with E-state index in [-0.39, 0.29) is 0 Å². The van der Waals surface area contributed by atoms with Crippen LogP contribution in [0, 0.1) is 5.92 Å². The smallest absolute Gasteiger partial charge is 0.129 e. The van der Waals surface area contributed by atoms with Gasteiger partial charge in [-0.15, -0.1) is 0 Å². The van der Waals surface area contributed by atoms with Crippen LogP contribution in [-0.4, -0.2) is 14.8 Å². The van der Waals surface area contributed by atoms with E-state index >= 15 is 0 Å². The van der Waals surface area contributed by atoms with Crippen molar-refractivity contribution in [3.05, 3.63) is 30.2 Å². The van der Waals surface area contributed by atoms with Gasteiger partial charge in [-0.25, -0.2) is 0 Å². The molecule has 0 aliphatic heterocycles. The molecule has 4 nitrogen and oxygen atoms in total. The third kappa shape index (κ3) is 2.55. The van der Waals surface area contributed by atoms with Gasteiger partial charge in [0, 0.05) is 25.0 Å². The van der Waals surface area contributed by atoms with E-state index in [1.807, 2.05) is 31.6 Å². The Hall–Kier alpha value is -1.84. The minimum Gasteiger partial charge on any atom is -0.383 e. The third-order valence-electron chi connectivity index (χ3n) is 4.34. The first-order chi connectivity index (χ1) is 9.75. The molecular weight excluding hydrogens is 248 g/mol. The predicted octanol–water partition coefficient (Wildman–Crippen LogP) is 3.19. The lowest BCUT2D eigenvalue weighted by Crippen LogP contribution is -2.10. The summed E-state index contributed by atoms with van der Waals surface area (Å²) in [5.41, 5.74) is 9.58. The predicted molar refractivity (Wildman–Crippen MR) is 81.1 cm³/mol. The fourth-order valence-electron chi connectivity index (χ4n) is 3.24. The van der Waals surface area contributed by atoms with E-state index in [1.165, 1.54) is 32.1 Å². The number of nitrogens with zero attached hydrogens (tertiary/aromatic N) is 3. The van der Waals surface area contributed by atoms with Crippen LogP contribution < -0.4 is 5.73 Å². The number of hydrogen-bond donors (Lipinski definition) is 1. The van der Waals surface area contributed by atoms with Gasteiger partial charge in [-0.3, -0.25) is 9.67 Å². The highest BCUT2D eigenvalue weighted by atomic mass is 15.3. The van der Waals surface area contributed by atoms with Crippen LogP contribution in [0.4, 0.5) is 5.82 Å². The van der Waals surface area contributed by atoms with E-state index in [4.69, 9.17) is 5.73 Å². The molecule has 0 aromatic carbocycles. The normalized spacial score (nSPS) is 16.4. The minimum absolute atomic E-state index is 0.752. The molecule has 0 unspecified atom stereocenters. The highest BCUT2D eigenvalue weighted by molar-refractivity contribution is 5.76. The van der Waals surface area contributed by atoms with Gasteiger partial charge in [0.15, 0.2) is 0 Å². The average molecular weight is 270 g/mol. The SMILES string of the molecule is Cn1nc(CC2CCCCC2)c(-c2ccncc2)c1N. The van der Waals surface area contributed by atoms with Crippen molar-refractivity contribution in [1.29, 1.82) is 0 Å². The summed E-state index contributed by atoms with van der Waals surface area (Å²) < 4.78 is 1.80. The van der Waals surface area contributed by atoms with Crippen molar-refractivity contribution < 1.29 is 0 Å². The molecule has 2 N–H and O–H groups in total. The van der Waals surface area contributed by atoms with E-state index in [1.54, 1.807) is 4.68 Å². The molecule has 1 aliphatic carbocycles. The van der Waals surface area contributed by atoms with Crippen molar-refractivity contribution in [3.63, 3.8) is 0 Å². The number of rotatable bonds is 3. The Labute approximate surface area is 120 Å². The highest BCUT2D eigenvalue weighted by Gasteiger charge is 2.21. The number of nitrogen functional groups attached to an aromatic ring is 1. The van der Waals surface area contributed by atoms with Crippen molar-refractivity contribution in [3.8, 4) is 11.1 Å². The second-order valence-corrected chi connectivity index (χ2v) is 5.77. The van der Waals surface area contributed by atoms with Gasteiger partial charge in [-0.2, -0.15) is 5.10 Å². The standard InChI is InChI=1S/C16H22N4/c1-20-16(17)15(13-7-9-18-10-8-13)14(19-20)11-12-5-3-2-4-6-12/h7-10,12H,2-6,11,17H2,1H3. The molecule has 2 heterocycles. The van der Waals surface area contributed by atoms with Crippen LogP contribution in [0.15, 0.2) is 24.5 Å². The van der Waals surface area contributed by atoms with Crippen molar-refractivity contribution in [2.75, 3.05) is 5.73 Å². The summed E-state index contributed by atoms with van der Waals surface area (Å²) in [5.74, 6) is 1.51. The molecule has 0 spiro atoms. The fourth-order valence-corrected chi connectivity index (χ4v) is 3.24. The molecule has 1 aliphatic rings. The molecule has 0 radical (unpaired) electrons. The van der Waals surface area contributed by atoms with Crippen LogP contribution >= 0.6 is 0 Å². The number of anilines is 1. The number of aryl methyl sites for hydroxylation is 1. The van der Waals surface area contributed by atoms with Gasteiger partial charge in [-0.1, -0.05) is 32.1 Å². The summed E-state index contributed by atoms with van der Waals surface area (Å²) in [6.07, 6.45) is 11.4. The zero-order chi connectivity index (χ0) is 13.9. The molecule has 1 fully saturated rings. The Balaban J connectivity index is 1.92. The van der Waals surface area contributed by atoms with Gasteiger partial charge < -0.3 is 5.73 Å². The number of nitrogens with two attached hydrogens (primary N) is 1. The first kappa shape index (κ1) is 13.2. The molecule has 2 aromatic rings. The molecule has 106 valence electrons. The fraction of sp³-hybridized carbons (Fsp3) is 0.500. The molecular formula is C16H22N4. The van der Waals surface area contributed by atoms with Crippen LogP contribution in [0.25, 0.3) is 11.1 Å². The van der Waals surface area contributed by atoms with Crippen molar-refractivity contribution >= 4 is 5.82 Å². The Morgan fingerprint density at radius 2 is 1.90 bits per heavy atom. The van der Waals surface area contributed by atoms with E-state index in [2.05, 4.69) is 10.1 Å². The molecule has 0 atom stereocenters. The quantitative estimate of drug-likeness (QED) is 0.932. The zero-order valence-electron chi connectivity index (χ0n) is 12.0. The molecule has 0 bridgehead atoms. The van der Waals surface area contributed by atoms with E-state index < -0.39 is 0 Å². The molecule has 2 aromatic heterocycles.